The molecular weight excluding hydrogens is 321 g/mol. The summed E-state index contributed by atoms with van der Waals surface area (Å²) < 4.78 is 18.8. The third-order valence-electron chi connectivity index (χ3n) is 1.56. The molecule has 1 aromatic heterocycles. The van der Waals surface area contributed by atoms with Gasteiger partial charge in [-0.05, 0) is 18.2 Å². The zero-order valence-corrected chi connectivity index (χ0v) is 9.58. The lowest BCUT2D eigenvalue weighted by Crippen LogP contribution is -1.84. The van der Waals surface area contributed by atoms with E-state index in [9.17, 15) is 4.39 Å². The molecule has 0 aliphatic carbocycles. The van der Waals surface area contributed by atoms with E-state index in [0.29, 0.717) is 8.92 Å². The third kappa shape index (κ3) is 1.88. The fourth-order valence-electron chi connectivity index (χ4n) is 0.977. The predicted octanol–water partition coefficient (Wildman–Crippen LogP) is 3.13. The number of hydrogen-bond acceptors (Lipinski definition) is 3. The summed E-state index contributed by atoms with van der Waals surface area (Å²) in [5.74, 6) is -0.318. The van der Waals surface area contributed by atoms with Crippen molar-refractivity contribution < 1.29 is 8.81 Å². The first-order valence-electron chi connectivity index (χ1n) is 3.61. The van der Waals surface area contributed by atoms with E-state index in [-0.39, 0.29) is 11.5 Å². The van der Waals surface area contributed by atoms with Gasteiger partial charge in [-0.15, -0.1) is 10.2 Å². The number of nitrogens with zero attached hydrogens (tertiary/aromatic N) is 2. The number of hydrogen-bond donors (Lipinski definition) is 0. The number of halogens is 3. The molecule has 3 nitrogen and oxygen atoms in total. The molecule has 0 saturated heterocycles. The molecule has 2 rings (SSSR count). The minimum absolute atomic E-state index is 0.156. The van der Waals surface area contributed by atoms with Crippen LogP contribution < -0.4 is 0 Å². The summed E-state index contributed by atoms with van der Waals surface area (Å²) in [5, 5.41) is 7.63. The van der Waals surface area contributed by atoms with Crippen molar-refractivity contribution in [2.45, 2.75) is 0 Å². The van der Waals surface area contributed by atoms with Crippen LogP contribution in [0.25, 0.3) is 11.5 Å². The minimum atomic E-state index is -0.474. The lowest BCUT2D eigenvalue weighted by atomic mass is 10.2. The Morgan fingerprint density at radius 3 is 2.71 bits per heavy atom. The van der Waals surface area contributed by atoms with Crippen molar-refractivity contribution in [1.29, 1.82) is 0 Å². The normalized spacial score (nSPS) is 10.5. The molecule has 6 heteroatoms. The number of benzene rings is 1. The van der Waals surface area contributed by atoms with Gasteiger partial charge in [-0.1, -0.05) is 11.6 Å². The molecule has 2 aromatic rings. The summed E-state index contributed by atoms with van der Waals surface area (Å²) >= 11 is 7.46. The monoisotopic (exact) mass is 324 g/mol. The van der Waals surface area contributed by atoms with Gasteiger partial charge in [-0.2, -0.15) is 0 Å². The van der Waals surface area contributed by atoms with Crippen molar-refractivity contribution >= 4 is 34.2 Å². The fraction of sp³-hybridized carbons (Fsp3) is 0. The smallest absolute Gasteiger partial charge is 0.278 e. The summed E-state index contributed by atoms with van der Waals surface area (Å²) in [7, 11) is 0. The Hall–Kier alpha value is -0.690. The second kappa shape index (κ2) is 3.82. The van der Waals surface area contributed by atoms with E-state index >= 15 is 0 Å². The summed E-state index contributed by atoms with van der Waals surface area (Å²) in [4.78, 5) is 0. The maximum atomic E-state index is 13.3. The first-order valence-corrected chi connectivity index (χ1v) is 5.07. The van der Waals surface area contributed by atoms with E-state index in [1.165, 1.54) is 12.1 Å². The molecule has 0 aliphatic rings. The lowest BCUT2D eigenvalue weighted by molar-refractivity contribution is 0.530. The van der Waals surface area contributed by atoms with Gasteiger partial charge in [-0.3, -0.25) is 0 Å². The van der Waals surface area contributed by atoms with Gasteiger partial charge in [0.05, 0.1) is 5.56 Å². The van der Waals surface area contributed by atoms with Gasteiger partial charge < -0.3 is 4.42 Å². The Balaban J connectivity index is 2.52. The fourth-order valence-corrected chi connectivity index (χ4v) is 1.45. The van der Waals surface area contributed by atoms with Crippen LogP contribution in [-0.2, 0) is 0 Å². The van der Waals surface area contributed by atoms with Crippen LogP contribution in [0.15, 0.2) is 22.6 Å². The highest BCUT2D eigenvalue weighted by atomic mass is 127. The Labute approximate surface area is 97.4 Å². The first-order chi connectivity index (χ1) is 6.66. The highest BCUT2D eigenvalue weighted by Gasteiger charge is 2.11. The maximum absolute atomic E-state index is 13.3. The van der Waals surface area contributed by atoms with Crippen LogP contribution in [-0.4, -0.2) is 10.2 Å². The molecule has 0 amide bonds. The van der Waals surface area contributed by atoms with Gasteiger partial charge in [0.25, 0.3) is 9.79 Å². The van der Waals surface area contributed by atoms with E-state index in [4.69, 9.17) is 16.0 Å². The zero-order chi connectivity index (χ0) is 10.1. The Morgan fingerprint density at radius 2 is 2.14 bits per heavy atom. The van der Waals surface area contributed by atoms with E-state index in [1.54, 1.807) is 6.07 Å². The lowest BCUT2D eigenvalue weighted by Gasteiger charge is -1.96. The predicted molar refractivity (Wildman–Crippen MR) is 57.4 cm³/mol. The molecule has 0 unspecified atom stereocenters. The van der Waals surface area contributed by atoms with Crippen LogP contribution in [0, 0.1) is 9.71 Å². The highest BCUT2D eigenvalue weighted by Crippen LogP contribution is 2.24. The zero-order valence-electron chi connectivity index (χ0n) is 6.67. The molecule has 0 bridgehead atoms. The van der Waals surface area contributed by atoms with Crippen molar-refractivity contribution in [2.75, 3.05) is 0 Å². The summed E-state index contributed by atoms with van der Waals surface area (Å²) in [6.45, 7) is 0. The molecule has 1 heterocycles. The second-order valence-corrected chi connectivity index (χ2v) is 3.84. The van der Waals surface area contributed by atoms with Crippen molar-refractivity contribution in [3.05, 3.63) is 32.9 Å². The summed E-state index contributed by atoms with van der Waals surface area (Å²) in [5.41, 5.74) is 0.254. The van der Waals surface area contributed by atoms with E-state index < -0.39 is 5.82 Å². The largest absolute Gasteiger partial charge is 0.412 e. The Kier molecular flexibility index (Phi) is 2.69. The molecule has 0 radical (unpaired) electrons. The summed E-state index contributed by atoms with van der Waals surface area (Å²) in [6.07, 6.45) is 0. The molecule has 1 aromatic carbocycles. The topological polar surface area (TPSA) is 38.9 Å². The van der Waals surface area contributed by atoms with Crippen molar-refractivity contribution in [3.63, 3.8) is 0 Å². The highest BCUT2D eigenvalue weighted by molar-refractivity contribution is 14.1. The quantitative estimate of drug-likeness (QED) is 0.757. The third-order valence-corrected chi connectivity index (χ3v) is 2.23. The minimum Gasteiger partial charge on any atom is -0.412 e. The molecule has 0 N–H and O–H groups in total. The Bertz CT molecular complexity index is 474. The van der Waals surface area contributed by atoms with E-state index in [2.05, 4.69) is 10.2 Å². The maximum Gasteiger partial charge on any atom is 0.278 e. The molecule has 0 fully saturated rings. The summed E-state index contributed by atoms with van der Waals surface area (Å²) in [6, 6.07) is 4.27. The molecule has 0 saturated carbocycles. The standard InChI is InChI=1S/C8H3ClFIN2O/c9-4-1-2-5(6(10)3-4)7-12-13-8(11)14-7/h1-3H. The average Bonchev–Trinajstić information content (AvgIpc) is 2.51. The van der Waals surface area contributed by atoms with Crippen LogP contribution in [0.3, 0.4) is 0 Å². The van der Waals surface area contributed by atoms with E-state index in [0.717, 1.165) is 0 Å². The molecular formula is C8H3ClFIN2O. The van der Waals surface area contributed by atoms with Gasteiger partial charge in [0.15, 0.2) is 0 Å². The van der Waals surface area contributed by atoms with Crippen molar-refractivity contribution in [3.8, 4) is 11.5 Å². The molecule has 0 atom stereocenters. The van der Waals surface area contributed by atoms with Gasteiger partial charge in [0.1, 0.15) is 5.82 Å². The van der Waals surface area contributed by atoms with E-state index in [1.807, 2.05) is 22.6 Å². The molecule has 0 aliphatic heterocycles. The van der Waals surface area contributed by atoms with Crippen LogP contribution in [0.4, 0.5) is 4.39 Å². The second-order valence-electron chi connectivity index (χ2n) is 2.48. The average molecular weight is 324 g/mol. The van der Waals surface area contributed by atoms with Crippen molar-refractivity contribution in [2.24, 2.45) is 0 Å². The number of rotatable bonds is 1. The van der Waals surface area contributed by atoms with Gasteiger partial charge >= 0.3 is 0 Å². The van der Waals surface area contributed by atoms with Gasteiger partial charge in [0, 0.05) is 27.6 Å². The van der Waals surface area contributed by atoms with Crippen LogP contribution in [0.5, 0.6) is 0 Å². The molecule has 72 valence electrons. The van der Waals surface area contributed by atoms with Crippen LogP contribution >= 0.6 is 34.2 Å². The van der Waals surface area contributed by atoms with Gasteiger partial charge in [0.2, 0.25) is 0 Å². The van der Waals surface area contributed by atoms with Crippen LogP contribution in [0.2, 0.25) is 5.02 Å². The first kappa shape index (κ1) is 9.85. The number of aromatic nitrogens is 2. The van der Waals surface area contributed by atoms with Crippen LogP contribution in [0.1, 0.15) is 0 Å². The van der Waals surface area contributed by atoms with Gasteiger partial charge in [-0.25, -0.2) is 4.39 Å². The SMILES string of the molecule is Fc1cc(Cl)ccc1-c1nnc(I)o1. The molecule has 14 heavy (non-hydrogen) atoms. The molecule has 0 spiro atoms. The Morgan fingerprint density at radius 1 is 1.36 bits per heavy atom. The van der Waals surface area contributed by atoms with Crippen molar-refractivity contribution in [1.82, 2.24) is 10.2 Å².